The Bertz CT molecular complexity index is 1040. The molecule has 0 unspecified atom stereocenters. The fourth-order valence-corrected chi connectivity index (χ4v) is 7.47. The lowest BCUT2D eigenvalue weighted by atomic mass is 9.47. The summed E-state index contributed by atoms with van der Waals surface area (Å²) in [6, 6.07) is 3.94. The number of fused-ring (bicyclic) bond motifs is 5. The first-order valence-electron chi connectivity index (χ1n) is 12.0. The molecule has 0 radical (unpaired) electrons. The Hall–Kier alpha value is -2.86. The maximum atomic E-state index is 12.1. The Kier molecular flexibility index (Phi) is 5.99. The molecule has 1 N–H and O–H groups in total. The number of allylic oxidation sites excluding steroid dienone is 5. The van der Waals surface area contributed by atoms with Crippen molar-refractivity contribution < 1.29 is 14.3 Å². The van der Waals surface area contributed by atoms with Gasteiger partial charge < -0.3 is 10.1 Å². The number of hydrogen-bond acceptors (Lipinski definition) is 5. The lowest BCUT2D eigenvalue weighted by molar-refractivity contribution is -0.148. The van der Waals surface area contributed by atoms with Gasteiger partial charge >= 0.3 is 5.97 Å². The fourth-order valence-electron chi connectivity index (χ4n) is 7.47. The van der Waals surface area contributed by atoms with E-state index in [9.17, 15) is 20.1 Å². The van der Waals surface area contributed by atoms with Gasteiger partial charge in [-0.25, -0.2) is 0 Å². The second-order valence-electron chi connectivity index (χ2n) is 10.8. The highest BCUT2D eigenvalue weighted by atomic mass is 16.5. The topological polar surface area (TPSA) is 103 Å². The Morgan fingerprint density at radius 3 is 2.42 bits per heavy atom. The van der Waals surface area contributed by atoms with E-state index in [4.69, 9.17) is 4.74 Å². The molecule has 2 saturated carbocycles. The number of carbonyl (C=O) groups is 2. The molecular weight excluding hydrogens is 414 g/mol. The number of ether oxygens (including phenoxy) is 1. The third kappa shape index (κ3) is 3.90. The second kappa shape index (κ2) is 8.49. The van der Waals surface area contributed by atoms with Crippen molar-refractivity contribution in [2.75, 3.05) is 0 Å². The normalized spacial score (nSPS) is 36.7. The second-order valence-corrected chi connectivity index (χ2v) is 10.8. The van der Waals surface area contributed by atoms with E-state index in [1.54, 1.807) is 6.08 Å². The van der Waals surface area contributed by atoms with Crippen LogP contribution >= 0.6 is 0 Å². The van der Waals surface area contributed by atoms with Crippen LogP contribution in [0.4, 0.5) is 0 Å². The average molecular weight is 448 g/mol. The molecule has 4 aliphatic rings. The van der Waals surface area contributed by atoms with Crippen molar-refractivity contribution >= 4 is 11.9 Å². The maximum absolute atomic E-state index is 12.1. The molecule has 0 aromatic carbocycles. The first-order valence-corrected chi connectivity index (χ1v) is 12.0. The predicted octanol–water partition coefficient (Wildman–Crippen LogP) is 4.85. The third-order valence-electron chi connectivity index (χ3n) is 8.97. The van der Waals surface area contributed by atoms with Gasteiger partial charge in [-0.15, -0.1) is 0 Å². The Balaban J connectivity index is 1.66. The minimum Gasteiger partial charge on any atom is -0.462 e. The monoisotopic (exact) mass is 447 g/mol. The molecule has 6 nitrogen and oxygen atoms in total. The van der Waals surface area contributed by atoms with Gasteiger partial charge in [0, 0.05) is 31.4 Å². The van der Waals surface area contributed by atoms with Crippen LogP contribution in [0.1, 0.15) is 72.6 Å². The van der Waals surface area contributed by atoms with Crippen LogP contribution in [-0.4, -0.2) is 18.0 Å². The van der Waals surface area contributed by atoms with E-state index in [0.29, 0.717) is 17.8 Å². The predicted molar refractivity (Wildman–Crippen MR) is 123 cm³/mol. The molecular formula is C27H33N3O3. The van der Waals surface area contributed by atoms with E-state index >= 15 is 0 Å². The summed E-state index contributed by atoms with van der Waals surface area (Å²) in [5.74, 6) is 1.05. The number of nitrogens with zero attached hydrogens (tertiary/aromatic N) is 2. The van der Waals surface area contributed by atoms with E-state index in [2.05, 4.69) is 25.2 Å². The lowest BCUT2D eigenvalue weighted by Gasteiger charge is -2.57. The van der Waals surface area contributed by atoms with Gasteiger partial charge in [-0.2, -0.15) is 10.5 Å². The average Bonchev–Trinajstić information content (AvgIpc) is 3.03. The number of rotatable bonds is 3. The van der Waals surface area contributed by atoms with Gasteiger partial charge in [-0.05, 0) is 73.3 Å². The van der Waals surface area contributed by atoms with Crippen molar-refractivity contribution in [1.82, 2.24) is 5.32 Å². The minimum atomic E-state index is -0.205. The SMILES string of the molecule is CC(=O)NC1=C(C=C(C#N)C#N)C[C@H]2[C@@H]3CC=C4C[C@@H](OC(C)=O)CC[C@]4(C)[C@H]3CC[C@]12C. The highest BCUT2D eigenvalue weighted by Gasteiger charge is 2.58. The van der Waals surface area contributed by atoms with Crippen LogP contribution < -0.4 is 5.32 Å². The van der Waals surface area contributed by atoms with Gasteiger partial charge in [0.15, 0.2) is 0 Å². The number of carbonyl (C=O) groups excluding carboxylic acids is 2. The van der Waals surface area contributed by atoms with Crippen LogP contribution in [0, 0.1) is 51.2 Å². The van der Waals surface area contributed by atoms with Gasteiger partial charge in [-0.1, -0.05) is 25.5 Å². The van der Waals surface area contributed by atoms with E-state index in [-0.39, 0.29) is 34.4 Å². The molecule has 4 rings (SSSR count). The summed E-state index contributed by atoms with van der Waals surface area (Å²) in [6.07, 6.45) is 10.6. The molecule has 2 fully saturated rings. The summed E-state index contributed by atoms with van der Waals surface area (Å²) in [5, 5.41) is 21.7. The molecule has 33 heavy (non-hydrogen) atoms. The molecule has 0 aromatic heterocycles. The van der Waals surface area contributed by atoms with Crippen molar-refractivity contribution in [2.45, 2.75) is 78.7 Å². The fraction of sp³-hybridized carbons (Fsp3) is 0.630. The third-order valence-corrected chi connectivity index (χ3v) is 8.97. The van der Waals surface area contributed by atoms with Crippen LogP contribution in [0.15, 0.2) is 34.6 Å². The first-order chi connectivity index (χ1) is 15.6. The molecule has 0 bridgehead atoms. The highest BCUT2D eigenvalue weighted by molar-refractivity contribution is 5.76. The Morgan fingerprint density at radius 2 is 1.79 bits per heavy atom. The van der Waals surface area contributed by atoms with E-state index < -0.39 is 0 Å². The molecule has 4 aliphatic carbocycles. The molecule has 0 aliphatic heterocycles. The van der Waals surface area contributed by atoms with Crippen molar-refractivity contribution in [1.29, 1.82) is 10.5 Å². The number of nitrogens with one attached hydrogen (secondary N) is 1. The van der Waals surface area contributed by atoms with Crippen LogP contribution in [0.2, 0.25) is 0 Å². The summed E-state index contributed by atoms with van der Waals surface area (Å²) < 4.78 is 5.54. The molecule has 0 heterocycles. The van der Waals surface area contributed by atoms with Gasteiger partial charge in [0.1, 0.15) is 23.8 Å². The minimum absolute atomic E-state index is 0.0149. The van der Waals surface area contributed by atoms with Crippen LogP contribution in [0.5, 0.6) is 0 Å². The van der Waals surface area contributed by atoms with Crippen molar-refractivity contribution in [3.05, 3.63) is 34.6 Å². The van der Waals surface area contributed by atoms with Gasteiger partial charge in [0.2, 0.25) is 5.91 Å². The zero-order valence-corrected chi connectivity index (χ0v) is 20.0. The summed E-state index contributed by atoms with van der Waals surface area (Å²) >= 11 is 0. The molecule has 0 aromatic rings. The maximum Gasteiger partial charge on any atom is 0.302 e. The smallest absolute Gasteiger partial charge is 0.302 e. The van der Waals surface area contributed by atoms with E-state index in [1.807, 2.05) is 12.1 Å². The summed E-state index contributed by atoms with van der Waals surface area (Å²) in [6.45, 7) is 7.64. The van der Waals surface area contributed by atoms with Crippen molar-refractivity contribution in [3.63, 3.8) is 0 Å². The molecule has 0 saturated heterocycles. The van der Waals surface area contributed by atoms with Crippen LogP contribution in [0.3, 0.4) is 0 Å². The first kappa shape index (κ1) is 23.3. The summed E-state index contributed by atoms with van der Waals surface area (Å²) in [5.41, 5.74) is 3.28. The van der Waals surface area contributed by atoms with Crippen LogP contribution in [-0.2, 0) is 14.3 Å². The van der Waals surface area contributed by atoms with Crippen LogP contribution in [0.25, 0.3) is 0 Å². The number of nitriles is 2. The van der Waals surface area contributed by atoms with Gasteiger partial charge in [0.25, 0.3) is 0 Å². The number of esters is 1. The Labute approximate surface area is 196 Å². The van der Waals surface area contributed by atoms with Gasteiger partial charge in [0.05, 0.1) is 0 Å². The molecule has 6 heteroatoms. The molecule has 6 atom stereocenters. The van der Waals surface area contributed by atoms with E-state index in [1.165, 1.54) is 19.4 Å². The quantitative estimate of drug-likeness (QED) is 0.378. The summed E-state index contributed by atoms with van der Waals surface area (Å²) in [7, 11) is 0. The largest absolute Gasteiger partial charge is 0.462 e. The zero-order chi connectivity index (χ0) is 24.0. The number of amides is 1. The standard InChI is InChI=1S/C27H33N3O3/c1-16(31)30-25-19(11-18(14-28)15-29)12-24-22-6-5-20-13-21(33-17(2)32)7-9-26(20,3)23(22)8-10-27(24,25)4/h5,11,21-24H,6-10,12-13H2,1-4H3,(H,30,31)/t21-,22+,23-,24-,26-,27-/m0/s1. The van der Waals surface area contributed by atoms with E-state index in [0.717, 1.165) is 56.2 Å². The van der Waals surface area contributed by atoms with Gasteiger partial charge in [-0.3, -0.25) is 9.59 Å². The Morgan fingerprint density at radius 1 is 1.09 bits per heavy atom. The zero-order valence-electron chi connectivity index (χ0n) is 20.0. The van der Waals surface area contributed by atoms with Crippen molar-refractivity contribution in [2.24, 2.45) is 28.6 Å². The molecule has 0 spiro atoms. The summed E-state index contributed by atoms with van der Waals surface area (Å²) in [4.78, 5) is 23.6. The van der Waals surface area contributed by atoms with Crippen molar-refractivity contribution in [3.8, 4) is 12.1 Å². The molecule has 1 amide bonds. The highest BCUT2D eigenvalue weighted by Crippen LogP contribution is 2.65. The lowest BCUT2D eigenvalue weighted by Crippen LogP contribution is -2.51. The number of hydrogen-bond donors (Lipinski definition) is 1. The molecule has 174 valence electrons.